The van der Waals surface area contributed by atoms with E-state index in [4.69, 9.17) is 0 Å². The van der Waals surface area contributed by atoms with Gasteiger partial charge in [-0.1, -0.05) is 6.58 Å². The van der Waals surface area contributed by atoms with E-state index >= 15 is 0 Å². The fourth-order valence-electron chi connectivity index (χ4n) is 2.72. The van der Waals surface area contributed by atoms with Crippen LogP contribution in [0.1, 0.15) is 11.4 Å². The van der Waals surface area contributed by atoms with E-state index in [1.54, 1.807) is 0 Å². The highest BCUT2D eigenvalue weighted by atomic mass is 19.1. The Morgan fingerprint density at radius 2 is 2.11 bits per heavy atom. The van der Waals surface area contributed by atoms with Gasteiger partial charge in [-0.05, 0) is 12.1 Å². The van der Waals surface area contributed by atoms with Gasteiger partial charge in [0.1, 0.15) is 5.82 Å². The molecule has 0 amide bonds. The van der Waals surface area contributed by atoms with Crippen LogP contribution in [0.3, 0.4) is 0 Å². The molecular weight excluding hydrogens is 231 g/mol. The van der Waals surface area contributed by atoms with Crippen LogP contribution < -0.4 is 10.7 Å². The third-order valence-electron chi connectivity index (χ3n) is 3.47. The molecule has 0 radical (unpaired) electrons. The molecule has 3 aromatic rings. The van der Waals surface area contributed by atoms with Crippen molar-refractivity contribution in [3.63, 3.8) is 0 Å². The maximum absolute atomic E-state index is 13.6. The van der Waals surface area contributed by atoms with Gasteiger partial charge in [0.15, 0.2) is 0 Å². The Hall–Kier alpha value is -2.14. The van der Waals surface area contributed by atoms with Gasteiger partial charge in [0.2, 0.25) is 0 Å². The number of halogens is 1. The van der Waals surface area contributed by atoms with Gasteiger partial charge in [0.25, 0.3) is 0 Å². The minimum atomic E-state index is -0.268. The first-order valence-corrected chi connectivity index (χ1v) is 5.81. The molecule has 0 bridgehead atoms. The van der Waals surface area contributed by atoms with Crippen molar-refractivity contribution in [1.29, 1.82) is 0 Å². The molecule has 2 aromatic heterocycles. The van der Waals surface area contributed by atoms with Gasteiger partial charge in [-0.3, -0.25) is 5.10 Å². The van der Waals surface area contributed by atoms with Gasteiger partial charge in [0, 0.05) is 40.5 Å². The van der Waals surface area contributed by atoms with Gasteiger partial charge in [-0.25, -0.2) is 4.39 Å². The molecular formula is C13H11FN4. The van der Waals surface area contributed by atoms with Gasteiger partial charge in [-0.2, -0.15) is 5.10 Å². The molecule has 0 spiro atoms. The fourth-order valence-corrected chi connectivity index (χ4v) is 2.72. The third kappa shape index (κ3) is 1.14. The maximum Gasteiger partial charge on any atom is 0.125 e. The molecule has 4 nitrogen and oxygen atoms in total. The average Bonchev–Trinajstić information content (AvgIpc) is 2.65. The molecule has 90 valence electrons. The standard InChI is InChI=1S/C13H11FN4/c1-6-8-2-7(14)3-9-12(8)13-10(16-9)4-15-5-11(13)18-17-6/h2-3,15-17H,1,4-5H2. The topological polar surface area (TPSA) is 56.5 Å². The normalized spacial score (nSPS) is 14.5. The Morgan fingerprint density at radius 1 is 1.22 bits per heavy atom. The third-order valence-corrected chi connectivity index (χ3v) is 3.47. The lowest BCUT2D eigenvalue weighted by atomic mass is 10.1. The molecule has 4 rings (SSSR count). The van der Waals surface area contributed by atoms with E-state index in [1.807, 2.05) is 0 Å². The molecule has 0 unspecified atom stereocenters. The van der Waals surface area contributed by atoms with E-state index in [1.165, 1.54) is 12.1 Å². The summed E-state index contributed by atoms with van der Waals surface area (Å²) in [4.78, 5) is 3.26. The number of hydrogen-bond acceptors (Lipinski definition) is 2. The Balaban J connectivity index is 2.41. The molecule has 0 saturated heterocycles. The van der Waals surface area contributed by atoms with Crippen LogP contribution in [0.15, 0.2) is 12.1 Å². The van der Waals surface area contributed by atoms with Crippen LogP contribution in [0.4, 0.5) is 4.39 Å². The van der Waals surface area contributed by atoms with Crippen LogP contribution in [0.2, 0.25) is 0 Å². The monoisotopic (exact) mass is 242 g/mol. The number of aromatic nitrogens is 3. The Bertz CT molecular complexity index is 843. The van der Waals surface area contributed by atoms with Crippen molar-refractivity contribution in [2.45, 2.75) is 13.1 Å². The molecule has 3 heterocycles. The van der Waals surface area contributed by atoms with Gasteiger partial charge < -0.3 is 10.3 Å². The maximum atomic E-state index is 13.6. The fraction of sp³-hybridized carbons (Fsp3) is 0.154. The molecule has 0 saturated carbocycles. The summed E-state index contributed by atoms with van der Waals surface area (Å²) in [6, 6.07) is 3.03. The molecule has 1 aromatic carbocycles. The summed E-state index contributed by atoms with van der Waals surface area (Å²) in [6.07, 6.45) is 0. The Morgan fingerprint density at radius 3 is 3.00 bits per heavy atom. The molecule has 18 heavy (non-hydrogen) atoms. The summed E-state index contributed by atoms with van der Waals surface area (Å²) >= 11 is 0. The largest absolute Gasteiger partial charge is 0.357 e. The summed E-state index contributed by atoms with van der Waals surface area (Å²) in [5, 5.41) is 14.0. The molecule has 0 aliphatic carbocycles. The van der Waals surface area contributed by atoms with Gasteiger partial charge in [-0.15, -0.1) is 0 Å². The summed E-state index contributed by atoms with van der Waals surface area (Å²) in [7, 11) is 0. The molecule has 0 atom stereocenters. The molecule has 0 fully saturated rings. The Kier molecular flexibility index (Phi) is 1.75. The predicted molar refractivity (Wildman–Crippen MR) is 68.0 cm³/mol. The molecule has 1 aliphatic heterocycles. The first-order chi connectivity index (χ1) is 8.74. The highest BCUT2D eigenvalue weighted by Crippen LogP contribution is 2.31. The van der Waals surface area contributed by atoms with Crippen molar-refractivity contribution in [1.82, 2.24) is 20.5 Å². The van der Waals surface area contributed by atoms with Crippen LogP contribution in [0, 0.1) is 5.82 Å². The van der Waals surface area contributed by atoms with Crippen molar-refractivity contribution in [3.8, 4) is 0 Å². The zero-order chi connectivity index (χ0) is 12.3. The summed E-state index contributed by atoms with van der Waals surface area (Å²) in [6.45, 7) is 5.37. The average molecular weight is 242 g/mol. The van der Waals surface area contributed by atoms with E-state index in [2.05, 4.69) is 27.1 Å². The number of aromatic amines is 2. The van der Waals surface area contributed by atoms with E-state index in [-0.39, 0.29) is 5.82 Å². The molecule has 5 heteroatoms. The van der Waals surface area contributed by atoms with Crippen molar-refractivity contribution in [2.24, 2.45) is 0 Å². The second-order valence-electron chi connectivity index (χ2n) is 4.61. The van der Waals surface area contributed by atoms with Gasteiger partial charge in [0.05, 0.1) is 11.0 Å². The van der Waals surface area contributed by atoms with Crippen molar-refractivity contribution < 1.29 is 4.39 Å². The highest BCUT2D eigenvalue weighted by Gasteiger charge is 2.18. The number of benzene rings is 1. The second-order valence-corrected chi connectivity index (χ2v) is 4.61. The SMILES string of the molecule is C=c1[nH]nc2c3c([nH]c4cc(F)cc1c43)CNC2. The van der Waals surface area contributed by atoms with Crippen LogP contribution in [-0.2, 0) is 13.1 Å². The minimum absolute atomic E-state index is 0.268. The van der Waals surface area contributed by atoms with E-state index < -0.39 is 0 Å². The summed E-state index contributed by atoms with van der Waals surface area (Å²) in [5.74, 6) is -0.268. The number of hydrogen-bond donors (Lipinski definition) is 3. The molecule has 3 N–H and O–H groups in total. The minimum Gasteiger partial charge on any atom is -0.357 e. The zero-order valence-corrected chi connectivity index (χ0v) is 9.60. The number of H-pyrrole nitrogens is 2. The number of rotatable bonds is 0. The predicted octanol–water partition coefficient (Wildman–Crippen LogP) is 1.48. The number of nitrogens with zero attached hydrogens (tertiary/aromatic N) is 1. The van der Waals surface area contributed by atoms with Gasteiger partial charge >= 0.3 is 0 Å². The van der Waals surface area contributed by atoms with Crippen molar-refractivity contribution >= 4 is 28.3 Å². The molecule has 1 aliphatic rings. The summed E-state index contributed by atoms with van der Waals surface area (Å²) in [5.41, 5.74) is 2.80. The highest BCUT2D eigenvalue weighted by molar-refractivity contribution is 6.11. The van der Waals surface area contributed by atoms with Crippen LogP contribution in [0.25, 0.3) is 28.3 Å². The summed E-state index contributed by atoms with van der Waals surface area (Å²) < 4.78 is 13.6. The van der Waals surface area contributed by atoms with Crippen molar-refractivity contribution in [2.75, 3.05) is 0 Å². The first-order valence-electron chi connectivity index (χ1n) is 5.81. The van der Waals surface area contributed by atoms with Crippen molar-refractivity contribution in [3.05, 3.63) is 34.7 Å². The van der Waals surface area contributed by atoms with E-state index in [9.17, 15) is 4.39 Å². The van der Waals surface area contributed by atoms with E-state index in [0.717, 1.165) is 39.6 Å². The Labute approximate surface area is 102 Å². The van der Waals surface area contributed by atoms with Crippen LogP contribution >= 0.6 is 0 Å². The lowest BCUT2D eigenvalue weighted by molar-refractivity contribution is 0.630. The lowest BCUT2D eigenvalue weighted by Crippen LogP contribution is -2.19. The van der Waals surface area contributed by atoms with Crippen LogP contribution in [-0.4, -0.2) is 15.2 Å². The quantitative estimate of drug-likeness (QED) is 0.559. The van der Waals surface area contributed by atoms with Crippen LogP contribution in [0.5, 0.6) is 0 Å². The smallest absolute Gasteiger partial charge is 0.125 e. The lowest BCUT2D eigenvalue weighted by Gasteiger charge is -2.09. The second kappa shape index (κ2) is 3.20. The number of nitrogens with one attached hydrogen (secondary N) is 3. The van der Waals surface area contributed by atoms with E-state index in [0.29, 0.717) is 11.9 Å². The first kappa shape index (κ1) is 9.85. The zero-order valence-electron chi connectivity index (χ0n) is 9.60.